The van der Waals surface area contributed by atoms with Crippen molar-refractivity contribution in [3.8, 4) is 0 Å². The molecule has 1 aliphatic carbocycles. The van der Waals surface area contributed by atoms with Crippen LogP contribution in [0.2, 0.25) is 0 Å². The Morgan fingerprint density at radius 2 is 2.28 bits per heavy atom. The molecule has 3 heterocycles. The molecule has 3 aromatic rings. The van der Waals surface area contributed by atoms with Crippen molar-refractivity contribution in [2.24, 2.45) is 5.92 Å². The van der Waals surface area contributed by atoms with Gasteiger partial charge in [-0.2, -0.15) is 4.52 Å². The molecule has 1 amide bonds. The van der Waals surface area contributed by atoms with E-state index >= 15 is 0 Å². The van der Waals surface area contributed by atoms with Crippen LogP contribution in [0.15, 0.2) is 0 Å². The summed E-state index contributed by atoms with van der Waals surface area (Å²) < 4.78 is 6.65. The number of ether oxygens (including phenoxy) is 1. The highest BCUT2D eigenvalue weighted by atomic mass is 32.1. The zero-order chi connectivity index (χ0) is 17.6. The van der Waals surface area contributed by atoms with Crippen LogP contribution >= 0.6 is 11.3 Å². The summed E-state index contributed by atoms with van der Waals surface area (Å²) in [6.07, 6.45) is 3.36. The van der Waals surface area contributed by atoms with Gasteiger partial charge >= 0.3 is 0 Å². The number of carbonyl (C=O) groups excluding carboxylic acids is 1. The Morgan fingerprint density at radius 3 is 3.08 bits per heavy atom. The van der Waals surface area contributed by atoms with Crippen LogP contribution in [0.1, 0.15) is 40.2 Å². The molecule has 0 saturated carbocycles. The maximum absolute atomic E-state index is 12.3. The van der Waals surface area contributed by atoms with Crippen molar-refractivity contribution in [2.45, 2.75) is 33.1 Å². The number of aryl methyl sites for hydroxylation is 2. The average Bonchev–Trinajstić information content (AvgIpc) is 3.16. The summed E-state index contributed by atoms with van der Waals surface area (Å²) >= 11 is 1.76. The normalized spacial score (nSPS) is 17.2. The van der Waals surface area contributed by atoms with Crippen LogP contribution in [0.4, 0.5) is 0 Å². The number of amides is 1. The van der Waals surface area contributed by atoms with Gasteiger partial charge in [0.15, 0.2) is 5.65 Å². The fourth-order valence-electron chi connectivity index (χ4n) is 3.39. The van der Waals surface area contributed by atoms with E-state index in [9.17, 15) is 4.79 Å². The molecule has 25 heavy (non-hydrogen) atoms. The molecule has 0 aromatic carbocycles. The Balaban J connectivity index is 1.83. The largest absolute Gasteiger partial charge is 0.383 e. The smallest absolute Gasteiger partial charge is 0.291 e. The average molecular weight is 359 g/mol. The van der Waals surface area contributed by atoms with Gasteiger partial charge in [0, 0.05) is 18.5 Å². The minimum Gasteiger partial charge on any atom is -0.383 e. The van der Waals surface area contributed by atoms with E-state index in [2.05, 4.69) is 22.3 Å². The predicted octanol–water partition coefficient (Wildman–Crippen LogP) is 2.15. The highest BCUT2D eigenvalue weighted by Gasteiger charge is 2.25. The Bertz CT molecular complexity index is 961. The first-order valence-corrected chi connectivity index (χ1v) is 9.35. The van der Waals surface area contributed by atoms with E-state index in [1.165, 1.54) is 16.9 Å². The van der Waals surface area contributed by atoms with E-state index in [-0.39, 0.29) is 11.7 Å². The highest BCUT2D eigenvalue weighted by molar-refractivity contribution is 7.19. The van der Waals surface area contributed by atoms with Crippen LogP contribution in [0.3, 0.4) is 0 Å². The van der Waals surface area contributed by atoms with Crippen LogP contribution < -0.4 is 5.32 Å². The van der Waals surface area contributed by atoms with Gasteiger partial charge in [0.05, 0.1) is 12.0 Å². The second-order valence-electron chi connectivity index (χ2n) is 6.61. The van der Waals surface area contributed by atoms with Gasteiger partial charge < -0.3 is 10.1 Å². The topological polar surface area (TPSA) is 81.4 Å². The van der Waals surface area contributed by atoms with Gasteiger partial charge in [0.1, 0.15) is 10.7 Å². The van der Waals surface area contributed by atoms with Crippen molar-refractivity contribution in [1.82, 2.24) is 24.9 Å². The first kappa shape index (κ1) is 16.4. The summed E-state index contributed by atoms with van der Waals surface area (Å²) in [4.78, 5) is 24.0. The maximum atomic E-state index is 12.3. The fourth-order valence-corrected chi connectivity index (χ4v) is 4.64. The lowest BCUT2D eigenvalue weighted by atomic mass is 9.89. The van der Waals surface area contributed by atoms with E-state index in [4.69, 9.17) is 9.72 Å². The molecule has 3 aromatic heterocycles. The van der Waals surface area contributed by atoms with Crippen LogP contribution in [0.5, 0.6) is 0 Å². The van der Waals surface area contributed by atoms with E-state index in [1.54, 1.807) is 23.0 Å². The van der Waals surface area contributed by atoms with E-state index in [1.807, 2.05) is 6.92 Å². The Labute approximate surface area is 149 Å². The number of aromatic nitrogens is 4. The minimum atomic E-state index is -0.286. The maximum Gasteiger partial charge on any atom is 0.291 e. The summed E-state index contributed by atoms with van der Waals surface area (Å²) in [7, 11) is 1.60. The number of fused-ring (bicyclic) bond motifs is 5. The van der Waals surface area contributed by atoms with Gasteiger partial charge in [-0.3, -0.25) is 4.79 Å². The Morgan fingerprint density at radius 1 is 1.44 bits per heavy atom. The Hall–Kier alpha value is -2.06. The number of nitrogens with one attached hydrogen (secondary N) is 1. The monoisotopic (exact) mass is 359 g/mol. The minimum absolute atomic E-state index is 0.178. The van der Waals surface area contributed by atoms with E-state index < -0.39 is 0 Å². The lowest BCUT2D eigenvalue weighted by Crippen LogP contribution is -2.27. The van der Waals surface area contributed by atoms with Crippen molar-refractivity contribution in [3.63, 3.8) is 0 Å². The molecule has 0 radical (unpaired) electrons. The molecule has 1 atom stereocenters. The zero-order valence-corrected chi connectivity index (χ0v) is 15.4. The molecule has 1 N–H and O–H groups in total. The van der Waals surface area contributed by atoms with Gasteiger partial charge in [-0.15, -0.1) is 16.4 Å². The van der Waals surface area contributed by atoms with Gasteiger partial charge in [0.25, 0.3) is 5.91 Å². The van der Waals surface area contributed by atoms with Crippen molar-refractivity contribution in [3.05, 3.63) is 22.1 Å². The summed E-state index contributed by atoms with van der Waals surface area (Å²) in [6.45, 7) is 5.07. The summed E-state index contributed by atoms with van der Waals surface area (Å²) in [6, 6.07) is 0. The molecule has 0 unspecified atom stereocenters. The predicted molar refractivity (Wildman–Crippen MR) is 96.3 cm³/mol. The van der Waals surface area contributed by atoms with Crippen molar-refractivity contribution >= 4 is 33.1 Å². The molecular weight excluding hydrogens is 338 g/mol. The molecule has 0 saturated heterocycles. The lowest BCUT2D eigenvalue weighted by molar-refractivity contribution is 0.0927. The quantitative estimate of drug-likeness (QED) is 0.722. The second-order valence-corrected chi connectivity index (χ2v) is 7.69. The zero-order valence-electron chi connectivity index (χ0n) is 14.6. The number of hydrogen-bond acceptors (Lipinski definition) is 6. The molecule has 1 aliphatic rings. The molecule has 7 nitrogen and oxygen atoms in total. The molecular formula is C17H21N5O2S. The molecule has 0 aliphatic heterocycles. The number of hydrogen-bond donors (Lipinski definition) is 1. The first-order chi connectivity index (χ1) is 12.1. The number of nitrogens with zero attached hydrogens (tertiary/aromatic N) is 4. The molecule has 0 spiro atoms. The van der Waals surface area contributed by atoms with Crippen molar-refractivity contribution in [2.75, 3.05) is 20.3 Å². The third kappa shape index (κ3) is 2.79. The van der Waals surface area contributed by atoms with Crippen LogP contribution in [0, 0.1) is 12.8 Å². The van der Waals surface area contributed by atoms with Crippen molar-refractivity contribution in [1.29, 1.82) is 0 Å². The van der Waals surface area contributed by atoms with Gasteiger partial charge in [-0.1, -0.05) is 6.92 Å². The first-order valence-electron chi connectivity index (χ1n) is 8.53. The van der Waals surface area contributed by atoms with Gasteiger partial charge in [0.2, 0.25) is 5.82 Å². The summed E-state index contributed by atoms with van der Waals surface area (Å²) in [5, 5.41) is 8.22. The van der Waals surface area contributed by atoms with Crippen LogP contribution in [-0.4, -0.2) is 45.8 Å². The third-order valence-electron chi connectivity index (χ3n) is 4.68. The standard InChI is InChI=1S/C17H21N5O2S/c1-9-4-5-12-11(8-9)13-15-20-14(16(23)18-6-7-24-3)21-22(15)10(2)19-17(13)25-12/h9H,4-8H2,1-3H3,(H,18,23)/t9-/m1/s1. The van der Waals surface area contributed by atoms with E-state index in [0.29, 0.717) is 19.1 Å². The fraction of sp³-hybridized carbons (Fsp3) is 0.529. The molecule has 132 valence electrons. The van der Waals surface area contributed by atoms with Crippen LogP contribution in [0.25, 0.3) is 15.9 Å². The van der Waals surface area contributed by atoms with Gasteiger partial charge in [-0.25, -0.2) is 9.97 Å². The van der Waals surface area contributed by atoms with Crippen molar-refractivity contribution < 1.29 is 9.53 Å². The molecule has 0 fully saturated rings. The lowest BCUT2D eigenvalue weighted by Gasteiger charge is -2.17. The number of carbonyl (C=O) groups is 1. The Kier molecular flexibility index (Phi) is 4.16. The molecule has 0 bridgehead atoms. The highest BCUT2D eigenvalue weighted by Crippen LogP contribution is 2.38. The van der Waals surface area contributed by atoms with Crippen LogP contribution in [-0.2, 0) is 17.6 Å². The number of rotatable bonds is 4. The number of thiophene rings is 1. The third-order valence-corrected chi connectivity index (χ3v) is 5.87. The summed E-state index contributed by atoms with van der Waals surface area (Å²) in [5.74, 6) is 1.30. The van der Waals surface area contributed by atoms with Gasteiger partial charge in [-0.05, 0) is 37.7 Å². The molecule has 4 rings (SSSR count). The number of methoxy groups -OCH3 is 1. The summed E-state index contributed by atoms with van der Waals surface area (Å²) in [5.41, 5.74) is 2.08. The second kappa shape index (κ2) is 6.34. The SMILES string of the molecule is COCCNC(=O)c1nc2c3c4c(sc3nc(C)n2n1)CC[C@@H](C)C4. The van der Waals surface area contributed by atoms with E-state index in [0.717, 1.165) is 34.5 Å². The molecule has 8 heteroatoms.